The number of aromatic nitrogens is 4. The molecule has 0 radical (unpaired) electrons. The highest BCUT2D eigenvalue weighted by Crippen LogP contribution is 2.38. The van der Waals surface area contributed by atoms with E-state index in [1.54, 1.807) is 12.1 Å². The Labute approximate surface area is 182 Å². The minimum Gasteiger partial charge on any atom is -0.268 e. The molecule has 0 bridgehead atoms. The maximum atomic E-state index is 13.0. The van der Waals surface area contributed by atoms with Gasteiger partial charge in [0.25, 0.3) is 5.91 Å². The summed E-state index contributed by atoms with van der Waals surface area (Å²) in [5.41, 5.74) is -3.48. The fraction of sp³-hybridized carbons (Fsp3) is 0.111. The number of anilines is 1. The van der Waals surface area contributed by atoms with Crippen LogP contribution in [0.1, 0.15) is 11.1 Å². The quantitative estimate of drug-likeness (QED) is 0.200. The zero-order chi connectivity index (χ0) is 22.8. The van der Waals surface area contributed by atoms with E-state index in [1.165, 1.54) is 12.3 Å². The summed E-state index contributed by atoms with van der Waals surface area (Å²) in [6, 6.07) is 5.72. The number of rotatable bonds is 4. The largest absolute Gasteiger partial charge is 0.416 e. The maximum Gasteiger partial charge on any atom is 0.416 e. The van der Waals surface area contributed by atoms with Gasteiger partial charge in [0, 0.05) is 24.0 Å². The Morgan fingerprint density at radius 1 is 1.00 bits per heavy atom. The van der Waals surface area contributed by atoms with Gasteiger partial charge in [-0.2, -0.15) is 26.3 Å². The summed E-state index contributed by atoms with van der Waals surface area (Å²) < 4.78 is 78.9. The summed E-state index contributed by atoms with van der Waals surface area (Å²) in [7, 11) is 0. The standard InChI is InChI=1S/C18H12F6N6O.ClH/c19-17(20,21)12-7-11(8-13(9-12)18(22,23)24)16-27-10-29(28-16)6-4-15(31)30(25)14-3-1-2-5-26-14;/h1-10H,25H2;1H. The van der Waals surface area contributed by atoms with Crippen LogP contribution in [-0.4, -0.2) is 25.7 Å². The second-order valence-electron chi connectivity index (χ2n) is 6.05. The van der Waals surface area contributed by atoms with Gasteiger partial charge in [0.1, 0.15) is 12.1 Å². The number of nitrogens with two attached hydrogens (primary N) is 1. The highest BCUT2D eigenvalue weighted by Gasteiger charge is 2.37. The summed E-state index contributed by atoms with van der Waals surface area (Å²) >= 11 is 0. The number of hydrogen-bond donors (Lipinski definition) is 1. The van der Waals surface area contributed by atoms with Crippen LogP contribution >= 0.6 is 12.4 Å². The van der Waals surface area contributed by atoms with Crippen molar-refractivity contribution in [3.8, 4) is 11.4 Å². The molecule has 0 aliphatic heterocycles. The molecule has 0 spiro atoms. The Balaban J connectivity index is 0.00000363. The van der Waals surface area contributed by atoms with Gasteiger partial charge in [-0.3, -0.25) is 4.79 Å². The van der Waals surface area contributed by atoms with Gasteiger partial charge < -0.3 is 0 Å². The third-order valence-corrected chi connectivity index (χ3v) is 3.86. The lowest BCUT2D eigenvalue weighted by atomic mass is 10.0. The van der Waals surface area contributed by atoms with Crippen LogP contribution in [0.4, 0.5) is 32.2 Å². The third-order valence-electron chi connectivity index (χ3n) is 3.86. The zero-order valence-electron chi connectivity index (χ0n) is 15.7. The minimum absolute atomic E-state index is 0. The molecule has 0 aliphatic carbocycles. The Bertz CT molecular complexity index is 1080. The minimum atomic E-state index is -5.00. The molecule has 0 unspecified atom stereocenters. The Kier molecular flexibility index (Phi) is 7.26. The topological polar surface area (TPSA) is 89.9 Å². The van der Waals surface area contributed by atoms with Crippen LogP contribution in [0.3, 0.4) is 0 Å². The first-order chi connectivity index (χ1) is 14.4. The van der Waals surface area contributed by atoms with Gasteiger partial charge in [-0.1, -0.05) is 6.07 Å². The molecule has 1 aromatic carbocycles. The van der Waals surface area contributed by atoms with Crippen molar-refractivity contribution in [2.45, 2.75) is 12.4 Å². The normalized spacial score (nSPS) is 12.0. The van der Waals surface area contributed by atoms with Crippen molar-refractivity contribution in [2.24, 2.45) is 5.84 Å². The van der Waals surface area contributed by atoms with Crippen LogP contribution in [0, 0.1) is 0 Å². The van der Waals surface area contributed by atoms with Crippen LogP contribution in [0.5, 0.6) is 0 Å². The zero-order valence-corrected chi connectivity index (χ0v) is 16.5. The SMILES string of the molecule is Cl.NN(C(=O)C=Cn1cnc(-c2cc(C(F)(F)F)cc(C(F)(F)F)c2)n1)c1ccccn1. The van der Waals surface area contributed by atoms with Gasteiger partial charge in [-0.15, -0.1) is 17.5 Å². The van der Waals surface area contributed by atoms with E-state index in [2.05, 4.69) is 15.1 Å². The Morgan fingerprint density at radius 3 is 2.16 bits per heavy atom. The number of alkyl halides is 6. The summed E-state index contributed by atoms with van der Waals surface area (Å²) in [5.74, 6) is 4.66. The van der Waals surface area contributed by atoms with Crippen LogP contribution in [-0.2, 0) is 17.1 Å². The number of carbonyl (C=O) groups excluding carboxylic acids is 1. The lowest BCUT2D eigenvalue weighted by molar-refractivity contribution is -0.143. The van der Waals surface area contributed by atoms with E-state index in [0.29, 0.717) is 12.1 Å². The number of nitrogens with zero attached hydrogens (tertiary/aromatic N) is 5. The molecule has 0 fully saturated rings. The maximum absolute atomic E-state index is 13.0. The summed E-state index contributed by atoms with van der Waals surface area (Å²) in [5, 5.41) is 4.52. The van der Waals surface area contributed by atoms with Crippen molar-refractivity contribution < 1.29 is 31.1 Å². The van der Waals surface area contributed by atoms with Gasteiger partial charge in [-0.05, 0) is 30.3 Å². The number of halogens is 7. The fourth-order valence-electron chi connectivity index (χ4n) is 2.39. The second-order valence-corrected chi connectivity index (χ2v) is 6.05. The number of pyridine rings is 1. The molecule has 2 N–H and O–H groups in total. The van der Waals surface area contributed by atoms with Crippen molar-refractivity contribution in [2.75, 3.05) is 5.01 Å². The molecule has 170 valence electrons. The molecule has 32 heavy (non-hydrogen) atoms. The van der Waals surface area contributed by atoms with E-state index in [1.807, 2.05) is 0 Å². The highest BCUT2D eigenvalue weighted by atomic mass is 35.5. The first-order valence-electron chi connectivity index (χ1n) is 8.34. The molecule has 2 aromatic heterocycles. The van der Waals surface area contributed by atoms with E-state index in [9.17, 15) is 31.1 Å². The van der Waals surface area contributed by atoms with Crippen molar-refractivity contribution >= 4 is 30.3 Å². The number of carbonyl (C=O) groups is 1. The monoisotopic (exact) mass is 478 g/mol. The Morgan fingerprint density at radius 2 is 1.62 bits per heavy atom. The molecule has 14 heteroatoms. The first kappa shape index (κ1) is 24.8. The van der Waals surface area contributed by atoms with Gasteiger partial charge in [0.2, 0.25) is 0 Å². The lowest BCUT2D eigenvalue weighted by Gasteiger charge is -2.13. The molecular formula is C18H13ClF6N6O. The number of benzene rings is 1. The Hall–Kier alpha value is -3.45. The molecule has 1 amide bonds. The van der Waals surface area contributed by atoms with E-state index in [0.717, 1.165) is 28.3 Å². The fourth-order valence-corrected chi connectivity index (χ4v) is 2.39. The molecule has 0 atom stereocenters. The van der Waals surface area contributed by atoms with Crippen LogP contribution in [0.25, 0.3) is 17.6 Å². The average molecular weight is 479 g/mol. The molecule has 0 saturated heterocycles. The average Bonchev–Trinajstić information content (AvgIpc) is 3.19. The van der Waals surface area contributed by atoms with Gasteiger partial charge in [0.05, 0.1) is 11.1 Å². The van der Waals surface area contributed by atoms with Crippen molar-refractivity contribution in [1.29, 1.82) is 0 Å². The number of amides is 1. The third kappa shape index (κ3) is 5.82. The molecule has 2 heterocycles. The predicted octanol–water partition coefficient (Wildman–Crippen LogP) is 4.18. The molecular weight excluding hydrogens is 466 g/mol. The van der Waals surface area contributed by atoms with E-state index >= 15 is 0 Å². The molecule has 7 nitrogen and oxygen atoms in total. The number of hydrogen-bond acceptors (Lipinski definition) is 5. The molecule has 3 rings (SSSR count). The van der Waals surface area contributed by atoms with Crippen molar-refractivity contribution in [3.63, 3.8) is 0 Å². The van der Waals surface area contributed by atoms with Gasteiger partial charge >= 0.3 is 12.4 Å². The molecule has 0 saturated carbocycles. The van der Waals surface area contributed by atoms with Crippen molar-refractivity contribution in [1.82, 2.24) is 19.7 Å². The molecule has 0 aliphatic rings. The summed E-state index contributed by atoms with van der Waals surface area (Å²) in [6.07, 6.45) is -5.52. The highest BCUT2D eigenvalue weighted by molar-refractivity contribution is 6.01. The van der Waals surface area contributed by atoms with Gasteiger partial charge in [-0.25, -0.2) is 25.5 Å². The molecule has 3 aromatic rings. The second kappa shape index (κ2) is 9.36. The van der Waals surface area contributed by atoms with E-state index < -0.39 is 40.8 Å². The van der Waals surface area contributed by atoms with Crippen LogP contribution in [0.2, 0.25) is 0 Å². The van der Waals surface area contributed by atoms with E-state index in [4.69, 9.17) is 5.84 Å². The lowest BCUT2D eigenvalue weighted by Crippen LogP contribution is -2.36. The van der Waals surface area contributed by atoms with Crippen molar-refractivity contribution in [3.05, 3.63) is 66.1 Å². The number of hydrazine groups is 1. The van der Waals surface area contributed by atoms with Crippen LogP contribution in [0.15, 0.2) is 55.0 Å². The first-order valence-corrected chi connectivity index (χ1v) is 8.34. The van der Waals surface area contributed by atoms with Crippen LogP contribution < -0.4 is 10.9 Å². The smallest absolute Gasteiger partial charge is 0.268 e. The van der Waals surface area contributed by atoms with E-state index in [-0.39, 0.29) is 24.3 Å². The summed E-state index contributed by atoms with van der Waals surface area (Å²) in [4.78, 5) is 19.7. The predicted molar refractivity (Wildman–Crippen MR) is 104 cm³/mol. The van der Waals surface area contributed by atoms with Gasteiger partial charge in [0.15, 0.2) is 5.82 Å². The summed E-state index contributed by atoms with van der Waals surface area (Å²) in [6.45, 7) is 0.